The van der Waals surface area contributed by atoms with Gasteiger partial charge in [0.2, 0.25) is 0 Å². The summed E-state index contributed by atoms with van der Waals surface area (Å²) < 4.78 is 0. The Hall–Kier alpha value is -2.23. The first kappa shape index (κ1) is 17.1. The minimum Gasteiger partial charge on any atom is -0.504 e. The molecule has 23 heavy (non-hydrogen) atoms. The van der Waals surface area contributed by atoms with E-state index in [1.165, 1.54) is 19.3 Å². The number of carboxylic acids is 1. The normalized spacial score (nSPS) is 11.0. The van der Waals surface area contributed by atoms with E-state index in [0.29, 0.717) is 22.8 Å². The Morgan fingerprint density at radius 1 is 0.913 bits per heavy atom. The van der Waals surface area contributed by atoms with Crippen molar-refractivity contribution in [3.05, 3.63) is 35.4 Å². The van der Waals surface area contributed by atoms with Crippen LogP contribution in [-0.4, -0.2) is 21.3 Å². The highest BCUT2D eigenvalue weighted by Crippen LogP contribution is 2.40. The Labute approximate surface area is 136 Å². The second-order valence-corrected chi connectivity index (χ2v) is 5.92. The number of aromatic carboxylic acids is 1. The Kier molecular flexibility index (Phi) is 5.85. The maximum Gasteiger partial charge on any atom is 0.340 e. The summed E-state index contributed by atoms with van der Waals surface area (Å²) in [6.07, 6.45) is 7.42. The van der Waals surface area contributed by atoms with Gasteiger partial charge in [0, 0.05) is 10.9 Å². The van der Waals surface area contributed by atoms with Crippen molar-refractivity contribution in [2.45, 2.75) is 51.9 Å². The highest BCUT2D eigenvalue weighted by molar-refractivity contribution is 6.08. The van der Waals surface area contributed by atoms with E-state index in [4.69, 9.17) is 0 Å². The average molecular weight is 316 g/mol. The summed E-state index contributed by atoms with van der Waals surface area (Å²) in [5.41, 5.74) is 0.406. The number of carboxylic acid groups (broad SMARTS) is 1. The van der Waals surface area contributed by atoms with Crippen LogP contribution in [0.4, 0.5) is 0 Å². The first-order chi connectivity index (χ1) is 11.1. The first-order valence-corrected chi connectivity index (χ1v) is 8.26. The Bertz CT molecular complexity index is 691. The third-order valence-corrected chi connectivity index (χ3v) is 4.26. The predicted octanol–water partition coefficient (Wildman–Crippen LogP) is 4.85. The van der Waals surface area contributed by atoms with Crippen LogP contribution in [0.15, 0.2) is 24.3 Å². The van der Waals surface area contributed by atoms with Gasteiger partial charge in [0.25, 0.3) is 0 Å². The largest absolute Gasteiger partial charge is 0.504 e. The fourth-order valence-corrected chi connectivity index (χ4v) is 3.03. The number of hydrogen-bond acceptors (Lipinski definition) is 3. The van der Waals surface area contributed by atoms with Crippen molar-refractivity contribution < 1.29 is 20.1 Å². The SMILES string of the molecule is CCCCCCCCc1c(O)c(O)c(C(=O)O)c2ccccc12. The molecule has 0 aromatic heterocycles. The number of rotatable bonds is 8. The maximum atomic E-state index is 11.4. The van der Waals surface area contributed by atoms with Gasteiger partial charge in [-0.1, -0.05) is 63.3 Å². The van der Waals surface area contributed by atoms with Crippen LogP contribution < -0.4 is 0 Å². The molecule has 0 aliphatic rings. The maximum absolute atomic E-state index is 11.4. The van der Waals surface area contributed by atoms with E-state index >= 15 is 0 Å². The van der Waals surface area contributed by atoms with E-state index in [9.17, 15) is 20.1 Å². The predicted molar refractivity (Wildman–Crippen MR) is 91.3 cm³/mol. The lowest BCUT2D eigenvalue weighted by atomic mass is 9.94. The van der Waals surface area contributed by atoms with Gasteiger partial charge in [-0.05, 0) is 18.2 Å². The topological polar surface area (TPSA) is 77.8 Å². The number of fused-ring (bicyclic) bond motifs is 1. The molecule has 0 unspecified atom stereocenters. The van der Waals surface area contributed by atoms with Crippen LogP contribution in [-0.2, 0) is 6.42 Å². The minimum atomic E-state index is -1.24. The number of hydrogen-bond donors (Lipinski definition) is 3. The van der Waals surface area contributed by atoms with Crippen molar-refractivity contribution in [3.8, 4) is 11.5 Å². The molecular weight excluding hydrogens is 292 g/mol. The molecule has 3 N–H and O–H groups in total. The molecule has 0 saturated heterocycles. The molecule has 0 bridgehead atoms. The fourth-order valence-electron chi connectivity index (χ4n) is 3.03. The third kappa shape index (κ3) is 3.76. The zero-order chi connectivity index (χ0) is 16.8. The number of carbonyl (C=O) groups is 1. The molecule has 0 aliphatic carbocycles. The Balaban J connectivity index is 2.28. The van der Waals surface area contributed by atoms with E-state index < -0.39 is 11.7 Å². The molecule has 0 atom stereocenters. The molecular formula is C19H24O4. The van der Waals surface area contributed by atoms with Crippen molar-refractivity contribution >= 4 is 16.7 Å². The smallest absolute Gasteiger partial charge is 0.340 e. The average Bonchev–Trinajstić information content (AvgIpc) is 2.53. The van der Waals surface area contributed by atoms with Crippen LogP contribution in [0.2, 0.25) is 0 Å². The monoisotopic (exact) mass is 316 g/mol. The summed E-state index contributed by atoms with van der Waals surface area (Å²) in [6, 6.07) is 7.02. The molecule has 2 rings (SSSR count). The van der Waals surface area contributed by atoms with Crippen molar-refractivity contribution in [2.24, 2.45) is 0 Å². The molecule has 4 nitrogen and oxygen atoms in total. The molecule has 2 aromatic carbocycles. The van der Waals surface area contributed by atoms with Gasteiger partial charge in [-0.25, -0.2) is 4.79 Å². The van der Waals surface area contributed by atoms with Crippen molar-refractivity contribution in [3.63, 3.8) is 0 Å². The summed E-state index contributed by atoms with van der Waals surface area (Å²) in [5, 5.41) is 30.8. The van der Waals surface area contributed by atoms with Gasteiger partial charge in [0.1, 0.15) is 5.56 Å². The molecule has 0 spiro atoms. The second-order valence-electron chi connectivity index (χ2n) is 5.92. The van der Waals surface area contributed by atoms with E-state index in [1.54, 1.807) is 18.2 Å². The zero-order valence-electron chi connectivity index (χ0n) is 13.5. The van der Waals surface area contributed by atoms with E-state index in [0.717, 1.165) is 19.3 Å². The molecule has 0 heterocycles. The van der Waals surface area contributed by atoms with Gasteiger partial charge in [-0.15, -0.1) is 0 Å². The lowest BCUT2D eigenvalue weighted by Gasteiger charge is -2.14. The number of phenols is 2. The lowest BCUT2D eigenvalue weighted by molar-refractivity contribution is 0.0695. The second kappa shape index (κ2) is 7.86. The lowest BCUT2D eigenvalue weighted by Crippen LogP contribution is -2.01. The summed E-state index contributed by atoms with van der Waals surface area (Å²) in [6.45, 7) is 2.18. The Morgan fingerprint density at radius 3 is 2.17 bits per heavy atom. The van der Waals surface area contributed by atoms with E-state index in [1.807, 2.05) is 6.07 Å². The molecule has 0 aliphatic heterocycles. The van der Waals surface area contributed by atoms with Gasteiger partial charge in [-0.3, -0.25) is 0 Å². The van der Waals surface area contributed by atoms with Crippen LogP contribution in [0, 0.1) is 0 Å². The van der Waals surface area contributed by atoms with Crippen LogP contribution >= 0.6 is 0 Å². The van der Waals surface area contributed by atoms with Crippen molar-refractivity contribution in [2.75, 3.05) is 0 Å². The van der Waals surface area contributed by atoms with Crippen LogP contribution in [0.3, 0.4) is 0 Å². The molecule has 4 heteroatoms. The summed E-state index contributed by atoms with van der Waals surface area (Å²) >= 11 is 0. The Morgan fingerprint density at radius 2 is 1.52 bits per heavy atom. The fraction of sp³-hybridized carbons (Fsp3) is 0.421. The van der Waals surface area contributed by atoms with Gasteiger partial charge >= 0.3 is 5.97 Å². The standard InChI is InChI=1S/C19H24O4/c1-2-3-4-5-6-7-12-15-13-10-8-9-11-14(13)16(19(22)23)18(21)17(15)20/h8-11,20-21H,2-7,12H2,1H3,(H,22,23). The molecule has 0 saturated carbocycles. The molecule has 0 amide bonds. The molecule has 124 valence electrons. The van der Waals surface area contributed by atoms with Crippen LogP contribution in [0.1, 0.15) is 61.4 Å². The van der Waals surface area contributed by atoms with Crippen molar-refractivity contribution in [1.82, 2.24) is 0 Å². The minimum absolute atomic E-state index is 0.232. The summed E-state index contributed by atoms with van der Waals surface area (Å²) in [5.74, 6) is -2.06. The summed E-state index contributed by atoms with van der Waals surface area (Å²) in [7, 11) is 0. The van der Waals surface area contributed by atoms with E-state index in [2.05, 4.69) is 6.92 Å². The first-order valence-electron chi connectivity index (χ1n) is 8.26. The van der Waals surface area contributed by atoms with Crippen LogP contribution in [0.25, 0.3) is 10.8 Å². The third-order valence-electron chi connectivity index (χ3n) is 4.26. The van der Waals surface area contributed by atoms with Crippen molar-refractivity contribution in [1.29, 1.82) is 0 Å². The number of unbranched alkanes of at least 4 members (excludes halogenated alkanes) is 5. The van der Waals surface area contributed by atoms with Gasteiger partial charge in [0.05, 0.1) is 0 Å². The number of benzene rings is 2. The van der Waals surface area contributed by atoms with Gasteiger partial charge < -0.3 is 15.3 Å². The van der Waals surface area contributed by atoms with E-state index in [-0.39, 0.29) is 11.3 Å². The van der Waals surface area contributed by atoms with Gasteiger partial charge in [-0.2, -0.15) is 0 Å². The molecule has 0 fully saturated rings. The number of phenolic OH excluding ortho intramolecular Hbond substituents is 1. The summed E-state index contributed by atoms with van der Waals surface area (Å²) in [4.78, 5) is 11.4. The molecule has 0 radical (unpaired) electrons. The quantitative estimate of drug-likeness (QED) is 0.480. The molecule has 2 aromatic rings. The highest BCUT2D eigenvalue weighted by atomic mass is 16.4. The van der Waals surface area contributed by atoms with Crippen LogP contribution in [0.5, 0.6) is 11.5 Å². The number of aromatic hydroxyl groups is 2. The van der Waals surface area contributed by atoms with Gasteiger partial charge in [0.15, 0.2) is 11.5 Å². The zero-order valence-corrected chi connectivity index (χ0v) is 13.5. The highest BCUT2D eigenvalue weighted by Gasteiger charge is 2.22. The number of aryl methyl sites for hydroxylation is 1.